The number of cyclic esters (lactones) is 2. The van der Waals surface area contributed by atoms with Crippen molar-refractivity contribution >= 4 is 18.0 Å². The first-order valence-electron chi connectivity index (χ1n) is 8.26. The molecule has 1 heterocycles. The third-order valence-electron chi connectivity index (χ3n) is 3.75. The van der Waals surface area contributed by atoms with Gasteiger partial charge in [-0.05, 0) is 37.2 Å². The molecule has 5 heteroatoms. The molecule has 1 aromatic rings. The van der Waals surface area contributed by atoms with E-state index in [0.29, 0.717) is 0 Å². The molecule has 2 rings (SSSR count). The van der Waals surface area contributed by atoms with Crippen molar-refractivity contribution in [2.24, 2.45) is 0 Å². The summed E-state index contributed by atoms with van der Waals surface area (Å²) in [7, 11) is 2.10. The summed E-state index contributed by atoms with van der Waals surface area (Å²) in [6.45, 7) is 7.18. The van der Waals surface area contributed by atoms with Crippen molar-refractivity contribution in [3.63, 3.8) is 0 Å². The number of rotatable bonds is 6. The van der Waals surface area contributed by atoms with E-state index >= 15 is 0 Å². The molecule has 1 aliphatic heterocycles. The monoisotopic (exact) mass is 331 g/mol. The number of carbonyl (C=O) groups excluding carboxylic acids is 2. The topological polar surface area (TPSA) is 55.8 Å². The second-order valence-electron chi connectivity index (χ2n) is 6.57. The number of hydrogen-bond acceptors (Lipinski definition) is 5. The number of nitrogens with zero attached hydrogens (tertiary/aromatic N) is 1. The van der Waals surface area contributed by atoms with Gasteiger partial charge in [-0.2, -0.15) is 0 Å². The van der Waals surface area contributed by atoms with Crippen molar-refractivity contribution in [2.75, 3.05) is 13.6 Å². The molecule has 1 fully saturated rings. The van der Waals surface area contributed by atoms with Gasteiger partial charge in [0, 0.05) is 20.4 Å². The maximum Gasteiger partial charge on any atom is 0.348 e. The van der Waals surface area contributed by atoms with E-state index < -0.39 is 17.7 Å². The molecule has 24 heavy (non-hydrogen) atoms. The smallest absolute Gasteiger partial charge is 0.348 e. The van der Waals surface area contributed by atoms with E-state index in [-0.39, 0.29) is 5.57 Å². The molecule has 0 bridgehead atoms. The van der Waals surface area contributed by atoms with Gasteiger partial charge in [0.15, 0.2) is 0 Å². The molecule has 0 spiro atoms. The molecule has 130 valence electrons. The normalized spacial score (nSPS) is 16.8. The SMILES string of the molecule is CCCCN(C)Cc1ccc(C=C2C(=O)OC(C)(C)OC2=O)cc1. The van der Waals surface area contributed by atoms with Gasteiger partial charge in [0.2, 0.25) is 0 Å². The summed E-state index contributed by atoms with van der Waals surface area (Å²) in [5.74, 6) is -2.52. The highest BCUT2D eigenvalue weighted by atomic mass is 16.7. The van der Waals surface area contributed by atoms with Crippen molar-refractivity contribution in [3.05, 3.63) is 41.0 Å². The fourth-order valence-corrected chi connectivity index (χ4v) is 2.48. The lowest BCUT2D eigenvalue weighted by atomic mass is 10.1. The quantitative estimate of drug-likeness (QED) is 0.455. The summed E-state index contributed by atoms with van der Waals surface area (Å²) in [4.78, 5) is 26.2. The van der Waals surface area contributed by atoms with Crippen LogP contribution in [0.5, 0.6) is 0 Å². The van der Waals surface area contributed by atoms with Gasteiger partial charge in [-0.3, -0.25) is 0 Å². The lowest BCUT2D eigenvalue weighted by Gasteiger charge is -2.29. The Balaban J connectivity index is 2.05. The third-order valence-corrected chi connectivity index (χ3v) is 3.75. The number of hydrogen-bond donors (Lipinski definition) is 0. The van der Waals surface area contributed by atoms with Gasteiger partial charge in [-0.1, -0.05) is 37.6 Å². The molecule has 1 aliphatic rings. The van der Waals surface area contributed by atoms with Crippen LogP contribution < -0.4 is 0 Å². The van der Waals surface area contributed by atoms with E-state index in [2.05, 4.69) is 18.9 Å². The van der Waals surface area contributed by atoms with Crippen molar-refractivity contribution in [3.8, 4) is 0 Å². The largest absolute Gasteiger partial charge is 0.419 e. The summed E-state index contributed by atoms with van der Waals surface area (Å²) in [5, 5.41) is 0. The van der Waals surface area contributed by atoms with Gasteiger partial charge in [-0.15, -0.1) is 0 Å². The zero-order valence-corrected chi connectivity index (χ0v) is 14.8. The Morgan fingerprint density at radius 2 is 1.67 bits per heavy atom. The van der Waals surface area contributed by atoms with Crippen LogP contribution >= 0.6 is 0 Å². The molecule has 0 unspecified atom stereocenters. The Morgan fingerprint density at radius 1 is 1.08 bits per heavy atom. The number of benzene rings is 1. The summed E-state index contributed by atoms with van der Waals surface area (Å²) in [5.41, 5.74) is 1.87. The summed E-state index contributed by atoms with van der Waals surface area (Å²) in [6.07, 6.45) is 3.87. The van der Waals surface area contributed by atoms with Crippen LogP contribution in [0.15, 0.2) is 29.8 Å². The summed E-state index contributed by atoms with van der Waals surface area (Å²) < 4.78 is 10.2. The maximum atomic E-state index is 11.9. The average Bonchev–Trinajstić information content (AvgIpc) is 2.49. The Kier molecular flexibility index (Phi) is 5.78. The van der Waals surface area contributed by atoms with E-state index in [1.807, 2.05) is 24.3 Å². The molecule has 0 saturated carbocycles. The predicted octanol–water partition coefficient (Wildman–Crippen LogP) is 3.14. The van der Waals surface area contributed by atoms with Gasteiger partial charge >= 0.3 is 11.9 Å². The van der Waals surface area contributed by atoms with Crippen molar-refractivity contribution < 1.29 is 19.1 Å². The number of unbranched alkanes of at least 4 members (excludes halogenated alkanes) is 1. The minimum Gasteiger partial charge on any atom is -0.419 e. The van der Waals surface area contributed by atoms with Gasteiger partial charge < -0.3 is 14.4 Å². The molecule has 0 amide bonds. The lowest BCUT2D eigenvalue weighted by Crippen LogP contribution is -2.41. The van der Waals surface area contributed by atoms with Crippen LogP contribution in [0.25, 0.3) is 6.08 Å². The molecule has 1 saturated heterocycles. The second-order valence-corrected chi connectivity index (χ2v) is 6.57. The van der Waals surface area contributed by atoms with Gasteiger partial charge in [0.05, 0.1) is 0 Å². The van der Waals surface area contributed by atoms with E-state index in [0.717, 1.165) is 18.7 Å². The van der Waals surface area contributed by atoms with Crippen LogP contribution in [0, 0.1) is 0 Å². The molecule has 5 nitrogen and oxygen atoms in total. The van der Waals surface area contributed by atoms with E-state index in [4.69, 9.17) is 9.47 Å². The Morgan fingerprint density at radius 3 is 2.21 bits per heavy atom. The molecular weight excluding hydrogens is 306 g/mol. The first-order chi connectivity index (χ1) is 11.3. The standard InChI is InChI=1S/C19H25NO4/c1-5-6-11-20(4)13-15-9-7-14(8-10-15)12-16-17(21)23-19(2,3)24-18(16)22/h7-10,12H,5-6,11,13H2,1-4H3. The van der Waals surface area contributed by atoms with Crippen LogP contribution in [0.4, 0.5) is 0 Å². The lowest BCUT2D eigenvalue weighted by molar-refractivity contribution is -0.222. The molecule has 0 aliphatic carbocycles. The van der Waals surface area contributed by atoms with Crippen molar-refractivity contribution in [2.45, 2.75) is 45.9 Å². The summed E-state index contributed by atoms with van der Waals surface area (Å²) in [6, 6.07) is 7.77. The fraction of sp³-hybridized carbons (Fsp3) is 0.474. The average molecular weight is 331 g/mol. The van der Waals surface area contributed by atoms with E-state index in [1.54, 1.807) is 0 Å². The minimum absolute atomic E-state index is 0.0814. The van der Waals surface area contributed by atoms with Crippen molar-refractivity contribution in [1.29, 1.82) is 0 Å². The number of ether oxygens (including phenoxy) is 2. The van der Waals surface area contributed by atoms with Gasteiger partial charge in [-0.25, -0.2) is 9.59 Å². The zero-order valence-electron chi connectivity index (χ0n) is 14.8. The third kappa shape index (κ3) is 4.93. The van der Waals surface area contributed by atoms with Crippen molar-refractivity contribution in [1.82, 2.24) is 4.90 Å². The van der Waals surface area contributed by atoms with E-state index in [1.165, 1.54) is 38.3 Å². The van der Waals surface area contributed by atoms with Crippen LogP contribution in [-0.2, 0) is 25.6 Å². The molecular formula is C19H25NO4. The van der Waals surface area contributed by atoms with Crippen LogP contribution in [0.1, 0.15) is 44.7 Å². The first-order valence-corrected chi connectivity index (χ1v) is 8.26. The van der Waals surface area contributed by atoms with E-state index in [9.17, 15) is 9.59 Å². The Labute approximate surface area is 143 Å². The zero-order chi connectivity index (χ0) is 17.7. The van der Waals surface area contributed by atoms with Gasteiger partial charge in [0.1, 0.15) is 5.57 Å². The highest BCUT2D eigenvalue weighted by Gasteiger charge is 2.38. The minimum atomic E-state index is -1.21. The van der Waals surface area contributed by atoms with Crippen LogP contribution in [0.2, 0.25) is 0 Å². The molecule has 0 atom stereocenters. The molecule has 0 aromatic heterocycles. The maximum absolute atomic E-state index is 11.9. The second kappa shape index (κ2) is 7.62. The summed E-state index contributed by atoms with van der Waals surface area (Å²) >= 11 is 0. The fourth-order valence-electron chi connectivity index (χ4n) is 2.48. The Hall–Kier alpha value is -2.14. The van der Waals surface area contributed by atoms with Crippen LogP contribution in [-0.4, -0.2) is 36.2 Å². The predicted molar refractivity (Wildman–Crippen MR) is 91.9 cm³/mol. The highest BCUT2D eigenvalue weighted by Crippen LogP contribution is 2.24. The molecule has 0 radical (unpaired) electrons. The molecule has 1 aromatic carbocycles. The van der Waals surface area contributed by atoms with Gasteiger partial charge in [0.25, 0.3) is 5.79 Å². The number of carbonyl (C=O) groups is 2. The molecule has 0 N–H and O–H groups in total. The number of esters is 2. The Bertz CT molecular complexity index is 609. The first kappa shape index (κ1) is 18.2. The van der Waals surface area contributed by atoms with Crippen LogP contribution in [0.3, 0.4) is 0 Å². The highest BCUT2D eigenvalue weighted by molar-refractivity contribution is 6.18.